The van der Waals surface area contributed by atoms with Crippen LogP contribution in [0.3, 0.4) is 0 Å². The summed E-state index contributed by atoms with van der Waals surface area (Å²) < 4.78 is 1.82. The molecular weight excluding hydrogens is 316 g/mol. The minimum Gasteiger partial charge on any atom is -0.393 e. The highest BCUT2D eigenvalue weighted by Crippen LogP contribution is 2.31. The maximum Gasteiger partial charge on any atom is 0.254 e. The van der Waals surface area contributed by atoms with Crippen LogP contribution in [-0.4, -0.2) is 37.9 Å². The van der Waals surface area contributed by atoms with Gasteiger partial charge in [-0.2, -0.15) is 5.10 Å². The SMILES string of the molecule is CCCn1cc(C(=O)N[C@H](Cc2ccccn2)C2CC(O)C2)c(C)n1. The molecule has 1 fully saturated rings. The molecule has 6 nitrogen and oxygen atoms in total. The first kappa shape index (κ1) is 17.6. The van der Waals surface area contributed by atoms with Crippen molar-refractivity contribution in [2.75, 3.05) is 0 Å². The van der Waals surface area contributed by atoms with Crippen LogP contribution in [-0.2, 0) is 13.0 Å². The lowest BCUT2D eigenvalue weighted by molar-refractivity contribution is 0.0237. The first-order chi connectivity index (χ1) is 12.1. The Morgan fingerprint density at radius 1 is 1.44 bits per heavy atom. The number of carbonyl (C=O) groups excluding carboxylic acids is 1. The Morgan fingerprint density at radius 3 is 2.88 bits per heavy atom. The van der Waals surface area contributed by atoms with Crippen LogP contribution in [0.15, 0.2) is 30.6 Å². The highest BCUT2D eigenvalue weighted by molar-refractivity contribution is 5.95. The lowest BCUT2D eigenvalue weighted by Crippen LogP contribution is -2.48. The average Bonchev–Trinajstić information content (AvgIpc) is 2.93. The monoisotopic (exact) mass is 342 g/mol. The summed E-state index contributed by atoms with van der Waals surface area (Å²) in [6.07, 6.45) is 6.45. The van der Waals surface area contributed by atoms with E-state index in [2.05, 4.69) is 22.3 Å². The van der Waals surface area contributed by atoms with Crippen LogP contribution in [0.5, 0.6) is 0 Å². The van der Waals surface area contributed by atoms with Crippen molar-refractivity contribution in [1.82, 2.24) is 20.1 Å². The van der Waals surface area contributed by atoms with Gasteiger partial charge in [0, 0.05) is 37.1 Å². The summed E-state index contributed by atoms with van der Waals surface area (Å²) in [6.45, 7) is 4.75. The van der Waals surface area contributed by atoms with E-state index >= 15 is 0 Å². The number of hydrogen-bond acceptors (Lipinski definition) is 4. The van der Waals surface area contributed by atoms with Crippen molar-refractivity contribution in [3.05, 3.63) is 47.5 Å². The van der Waals surface area contributed by atoms with Gasteiger partial charge in [0.25, 0.3) is 5.91 Å². The molecule has 2 heterocycles. The van der Waals surface area contributed by atoms with Gasteiger partial charge >= 0.3 is 0 Å². The number of aromatic nitrogens is 3. The van der Waals surface area contributed by atoms with Gasteiger partial charge in [-0.25, -0.2) is 0 Å². The lowest BCUT2D eigenvalue weighted by atomic mass is 9.76. The zero-order valence-electron chi connectivity index (χ0n) is 14.9. The molecular formula is C19H26N4O2. The standard InChI is InChI=1S/C19H26N4O2/c1-3-8-23-12-17(13(2)22-23)19(25)21-18(14-9-16(24)10-14)11-15-6-4-5-7-20-15/h4-7,12,14,16,18,24H,3,8-11H2,1-2H3,(H,21,25)/t14?,16?,18-/m1/s1. The third-order valence-electron chi connectivity index (χ3n) is 4.83. The van der Waals surface area contributed by atoms with Crippen LogP contribution in [0.1, 0.15) is 47.9 Å². The number of aliphatic hydroxyl groups excluding tert-OH is 1. The molecule has 134 valence electrons. The van der Waals surface area contributed by atoms with Gasteiger partial charge in [-0.1, -0.05) is 13.0 Å². The van der Waals surface area contributed by atoms with Crippen LogP contribution in [0.2, 0.25) is 0 Å². The second-order valence-corrected chi connectivity index (χ2v) is 6.88. The van der Waals surface area contributed by atoms with Gasteiger partial charge in [-0.05, 0) is 44.2 Å². The number of nitrogens with one attached hydrogen (secondary N) is 1. The van der Waals surface area contributed by atoms with E-state index in [1.165, 1.54) is 0 Å². The Bertz CT molecular complexity index is 707. The summed E-state index contributed by atoms with van der Waals surface area (Å²) in [5, 5.41) is 17.2. The van der Waals surface area contributed by atoms with Crippen LogP contribution < -0.4 is 5.32 Å². The van der Waals surface area contributed by atoms with E-state index in [-0.39, 0.29) is 24.0 Å². The molecule has 0 aliphatic heterocycles. The van der Waals surface area contributed by atoms with Gasteiger partial charge in [0.05, 0.1) is 17.4 Å². The predicted octanol–water partition coefficient (Wildman–Crippen LogP) is 2.11. The first-order valence-corrected chi connectivity index (χ1v) is 8.99. The number of pyridine rings is 1. The maximum atomic E-state index is 12.8. The van der Waals surface area contributed by atoms with Crippen LogP contribution in [0.4, 0.5) is 0 Å². The topological polar surface area (TPSA) is 80.0 Å². The molecule has 0 bridgehead atoms. The summed E-state index contributed by atoms with van der Waals surface area (Å²) in [5.74, 6) is 0.189. The number of carbonyl (C=O) groups is 1. The van der Waals surface area contributed by atoms with E-state index in [9.17, 15) is 9.90 Å². The Balaban J connectivity index is 1.72. The molecule has 6 heteroatoms. The molecule has 2 aromatic heterocycles. The minimum atomic E-state index is -0.248. The summed E-state index contributed by atoms with van der Waals surface area (Å²) in [6, 6.07) is 5.78. The maximum absolute atomic E-state index is 12.8. The molecule has 1 atom stereocenters. The van der Waals surface area contributed by atoms with E-state index in [1.807, 2.05) is 36.0 Å². The first-order valence-electron chi connectivity index (χ1n) is 8.99. The average molecular weight is 342 g/mol. The zero-order chi connectivity index (χ0) is 17.8. The van der Waals surface area contributed by atoms with Gasteiger partial charge < -0.3 is 10.4 Å². The normalized spacial score (nSPS) is 20.8. The fraction of sp³-hybridized carbons (Fsp3) is 0.526. The van der Waals surface area contributed by atoms with Crippen LogP contribution >= 0.6 is 0 Å². The molecule has 0 radical (unpaired) electrons. The van der Waals surface area contributed by atoms with Gasteiger partial charge in [-0.3, -0.25) is 14.5 Å². The molecule has 0 aromatic carbocycles. The fourth-order valence-corrected chi connectivity index (χ4v) is 3.37. The van der Waals surface area contributed by atoms with Crippen LogP contribution in [0.25, 0.3) is 0 Å². The molecule has 0 spiro atoms. The molecule has 2 N–H and O–H groups in total. The highest BCUT2D eigenvalue weighted by atomic mass is 16.3. The third-order valence-corrected chi connectivity index (χ3v) is 4.83. The predicted molar refractivity (Wildman–Crippen MR) is 95.2 cm³/mol. The second kappa shape index (κ2) is 7.78. The summed E-state index contributed by atoms with van der Waals surface area (Å²) >= 11 is 0. The molecule has 25 heavy (non-hydrogen) atoms. The molecule has 1 saturated carbocycles. The van der Waals surface area contributed by atoms with E-state index < -0.39 is 0 Å². The van der Waals surface area contributed by atoms with E-state index in [1.54, 1.807) is 6.20 Å². The summed E-state index contributed by atoms with van der Waals surface area (Å²) in [5.41, 5.74) is 2.32. The van der Waals surface area contributed by atoms with Crippen molar-refractivity contribution >= 4 is 5.91 Å². The molecule has 3 rings (SSSR count). The zero-order valence-corrected chi connectivity index (χ0v) is 14.9. The van der Waals surface area contributed by atoms with Crippen molar-refractivity contribution in [3.63, 3.8) is 0 Å². The molecule has 1 amide bonds. The van der Waals surface area contributed by atoms with Crippen molar-refractivity contribution in [3.8, 4) is 0 Å². The minimum absolute atomic E-state index is 0.0280. The van der Waals surface area contributed by atoms with E-state index in [4.69, 9.17) is 0 Å². The smallest absolute Gasteiger partial charge is 0.254 e. The number of hydrogen-bond donors (Lipinski definition) is 2. The number of amides is 1. The molecule has 1 aliphatic rings. The highest BCUT2D eigenvalue weighted by Gasteiger charge is 2.35. The molecule has 0 unspecified atom stereocenters. The molecule has 1 aliphatic carbocycles. The summed E-state index contributed by atoms with van der Waals surface area (Å²) in [4.78, 5) is 17.1. The van der Waals surface area contributed by atoms with Gasteiger partial charge in [0.2, 0.25) is 0 Å². The third kappa shape index (κ3) is 4.25. The Hall–Kier alpha value is -2.21. The van der Waals surface area contributed by atoms with Crippen molar-refractivity contribution in [2.24, 2.45) is 5.92 Å². The largest absolute Gasteiger partial charge is 0.393 e. The number of aryl methyl sites for hydroxylation is 2. The van der Waals surface area contributed by atoms with Crippen molar-refractivity contribution in [2.45, 2.75) is 58.2 Å². The second-order valence-electron chi connectivity index (χ2n) is 6.88. The van der Waals surface area contributed by atoms with Crippen molar-refractivity contribution < 1.29 is 9.90 Å². The number of aliphatic hydroxyl groups is 1. The van der Waals surface area contributed by atoms with E-state index in [0.717, 1.165) is 37.2 Å². The van der Waals surface area contributed by atoms with Gasteiger partial charge in [-0.15, -0.1) is 0 Å². The summed E-state index contributed by atoms with van der Waals surface area (Å²) in [7, 11) is 0. The number of rotatable bonds is 7. The van der Waals surface area contributed by atoms with Gasteiger partial charge in [0.1, 0.15) is 0 Å². The Morgan fingerprint density at radius 2 is 2.24 bits per heavy atom. The Kier molecular flexibility index (Phi) is 5.48. The van der Waals surface area contributed by atoms with Crippen LogP contribution in [0, 0.1) is 12.8 Å². The quantitative estimate of drug-likeness (QED) is 0.808. The van der Waals surface area contributed by atoms with E-state index in [0.29, 0.717) is 12.0 Å². The molecule has 0 saturated heterocycles. The van der Waals surface area contributed by atoms with Gasteiger partial charge in [0.15, 0.2) is 0 Å². The Labute approximate surface area is 148 Å². The fourth-order valence-electron chi connectivity index (χ4n) is 3.37. The number of nitrogens with zero attached hydrogens (tertiary/aromatic N) is 3. The van der Waals surface area contributed by atoms with Crippen molar-refractivity contribution in [1.29, 1.82) is 0 Å². The molecule has 2 aromatic rings. The lowest BCUT2D eigenvalue weighted by Gasteiger charge is -2.38.